The lowest BCUT2D eigenvalue weighted by Crippen LogP contribution is -2.30. The number of pyridine rings is 1. The number of rotatable bonds is 5. The van der Waals surface area contributed by atoms with Crippen LogP contribution in [0.15, 0.2) is 28.7 Å². The van der Waals surface area contributed by atoms with Crippen molar-refractivity contribution in [1.29, 1.82) is 0 Å². The quantitative estimate of drug-likeness (QED) is 0.557. The maximum Gasteiger partial charge on any atom is 0.309 e. The van der Waals surface area contributed by atoms with Crippen molar-refractivity contribution in [2.75, 3.05) is 26.8 Å². The Bertz CT molecular complexity index is 1000. The average molecular weight is 492 g/mol. The van der Waals surface area contributed by atoms with Gasteiger partial charge < -0.3 is 9.47 Å². The Morgan fingerprint density at radius 3 is 2.80 bits per heavy atom. The molecule has 1 aliphatic heterocycles. The summed E-state index contributed by atoms with van der Waals surface area (Å²) in [7, 11) is 1.68. The van der Waals surface area contributed by atoms with Crippen LogP contribution in [0.25, 0.3) is 11.3 Å². The normalized spacial score (nSPS) is 26.9. The first kappa shape index (κ1) is 20.3. The van der Waals surface area contributed by atoms with Crippen LogP contribution in [0, 0.1) is 17.8 Å². The molecule has 4 atom stereocenters. The largest absolute Gasteiger partial charge is 0.481 e. The molecule has 2 aromatic rings. The Morgan fingerprint density at radius 2 is 2.10 bits per heavy atom. The highest BCUT2D eigenvalue weighted by Gasteiger charge is 2.61. The number of fused-ring (bicyclic) bond motifs is 2. The number of esters is 1. The third kappa shape index (κ3) is 3.24. The monoisotopic (exact) mass is 490 g/mol. The van der Waals surface area contributed by atoms with Crippen LogP contribution in [-0.4, -0.2) is 42.7 Å². The molecule has 1 saturated carbocycles. The molecular weight excluding hydrogens is 468 g/mol. The number of hydrogen-bond donors (Lipinski definition) is 0. The summed E-state index contributed by atoms with van der Waals surface area (Å²) in [5.74, 6) is 1.64. The molecule has 3 aliphatic rings. The summed E-state index contributed by atoms with van der Waals surface area (Å²) in [4.78, 5) is 19.4. The van der Waals surface area contributed by atoms with E-state index in [1.165, 1.54) is 11.1 Å². The second-order valence-corrected chi connectivity index (χ2v) is 9.54. The van der Waals surface area contributed by atoms with Crippen LogP contribution in [0.4, 0.5) is 0 Å². The highest BCUT2D eigenvalue weighted by atomic mass is 79.9. The third-order valence-corrected chi connectivity index (χ3v) is 8.07. The lowest BCUT2D eigenvalue weighted by atomic mass is 10.0. The minimum Gasteiger partial charge on any atom is -0.481 e. The fourth-order valence-electron chi connectivity index (χ4n) is 5.34. The molecule has 158 valence electrons. The summed E-state index contributed by atoms with van der Waals surface area (Å²) in [6, 6.07) is 8.33. The van der Waals surface area contributed by atoms with Crippen LogP contribution in [0.3, 0.4) is 0 Å². The van der Waals surface area contributed by atoms with E-state index in [4.69, 9.17) is 26.1 Å². The maximum atomic E-state index is 12.1. The van der Waals surface area contributed by atoms with E-state index < -0.39 is 0 Å². The fourth-order valence-corrected chi connectivity index (χ4v) is 5.93. The van der Waals surface area contributed by atoms with E-state index in [1.54, 1.807) is 7.11 Å². The molecule has 0 spiro atoms. The van der Waals surface area contributed by atoms with Crippen molar-refractivity contribution in [3.63, 3.8) is 0 Å². The number of aromatic nitrogens is 1. The Labute approximate surface area is 189 Å². The van der Waals surface area contributed by atoms with Crippen LogP contribution in [-0.2, 0) is 16.0 Å². The topological polar surface area (TPSA) is 51.7 Å². The molecule has 1 aromatic heterocycles. The standard InChI is InChI=1S/C23H24BrClN2O3/c1-3-30-23(28)20-14-10-27(11-15(14)20)18-8-7-12-9-17(26-22(29-2)19(12)18)13-5-4-6-16(24)21(13)25/h4-6,9,14-15,18,20H,3,7-8,10-11H2,1-2H3/t14-,15+,18?,20?. The molecule has 5 nitrogen and oxygen atoms in total. The van der Waals surface area contributed by atoms with Gasteiger partial charge in [-0.15, -0.1) is 0 Å². The van der Waals surface area contributed by atoms with E-state index in [2.05, 4.69) is 26.9 Å². The number of aryl methyl sites for hydroxylation is 1. The molecule has 5 rings (SSSR count). The zero-order chi connectivity index (χ0) is 21.0. The molecule has 1 saturated heterocycles. The Balaban J connectivity index is 1.40. The van der Waals surface area contributed by atoms with Crippen LogP contribution < -0.4 is 4.74 Å². The van der Waals surface area contributed by atoms with Crippen LogP contribution in [0.5, 0.6) is 5.88 Å². The molecule has 2 fully saturated rings. The maximum absolute atomic E-state index is 12.1. The van der Waals surface area contributed by atoms with Crippen LogP contribution in [0.2, 0.25) is 5.02 Å². The van der Waals surface area contributed by atoms with Gasteiger partial charge in [0.2, 0.25) is 5.88 Å². The van der Waals surface area contributed by atoms with Crippen molar-refractivity contribution >= 4 is 33.5 Å². The molecule has 2 heterocycles. The zero-order valence-electron chi connectivity index (χ0n) is 17.0. The summed E-state index contributed by atoms with van der Waals surface area (Å²) in [6.45, 7) is 4.22. The predicted molar refractivity (Wildman–Crippen MR) is 119 cm³/mol. The van der Waals surface area contributed by atoms with Crippen molar-refractivity contribution < 1.29 is 14.3 Å². The van der Waals surface area contributed by atoms with Gasteiger partial charge >= 0.3 is 5.97 Å². The molecule has 0 radical (unpaired) electrons. The first-order chi connectivity index (χ1) is 14.5. The van der Waals surface area contributed by atoms with Crippen molar-refractivity contribution in [2.24, 2.45) is 17.8 Å². The third-order valence-electron chi connectivity index (χ3n) is 6.77. The number of benzene rings is 1. The molecule has 1 aromatic carbocycles. The van der Waals surface area contributed by atoms with Gasteiger partial charge in [-0.05, 0) is 65.2 Å². The average Bonchev–Trinajstić information content (AvgIpc) is 3.05. The fraction of sp³-hybridized carbons (Fsp3) is 0.478. The predicted octanol–water partition coefficient (Wildman–Crippen LogP) is 4.90. The Hall–Kier alpha value is -1.63. The van der Waals surface area contributed by atoms with Gasteiger partial charge in [0.1, 0.15) is 0 Å². The number of halogens is 2. The highest BCUT2D eigenvalue weighted by Crippen LogP contribution is 2.56. The molecule has 0 N–H and O–H groups in total. The number of likely N-dealkylation sites (tertiary alicyclic amines) is 1. The molecule has 0 bridgehead atoms. The van der Waals surface area contributed by atoms with Crippen molar-refractivity contribution in [3.05, 3.63) is 44.9 Å². The van der Waals surface area contributed by atoms with Crippen molar-refractivity contribution in [1.82, 2.24) is 9.88 Å². The number of piperidine rings is 1. The van der Waals surface area contributed by atoms with Gasteiger partial charge in [0.15, 0.2) is 0 Å². The van der Waals surface area contributed by atoms with Crippen LogP contribution in [0.1, 0.15) is 30.5 Å². The SMILES string of the molecule is CCOC(=O)C1[C@H]2CN(C3CCc4cc(-c5cccc(Br)c5Cl)nc(OC)c43)C[C@@H]12. The van der Waals surface area contributed by atoms with Gasteiger partial charge in [0.05, 0.1) is 30.4 Å². The van der Waals surface area contributed by atoms with Gasteiger partial charge in [0.25, 0.3) is 0 Å². The lowest BCUT2D eigenvalue weighted by Gasteiger charge is -2.28. The van der Waals surface area contributed by atoms with Crippen molar-refractivity contribution in [2.45, 2.75) is 25.8 Å². The van der Waals surface area contributed by atoms with E-state index in [0.29, 0.717) is 35.4 Å². The second-order valence-electron chi connectivity index (χ2n) is 8.30. The van der Waals surface area contributed by atoms with Gasteiger partial charge in [-0.3, -0.25) is 9.69 Å². The summed E-state index contributed by atoms with van der Waals surface area (Å²) in [6.07, 6.45) is 2.04. The first-order valence-electron chi connectivity index (χ1n) is 10.5. The Morgan fingerprint density at radius 1 is 1.33 bits per heavy atom. The van der Waals surface area contributed by atoms with Gasteiger partial charge in [0, 0.05) is 34.7 Å². The minimum absolute atomic E-state index is 0.0197. The summed E-state index contributed by atoms with van der Waals surface area (Å²) < 4.78 is 11.8. The van der Waals surface area contributed by atoms with Crippen molar-refractivity contribution in [3.8, 4) is 17.1 Å². The Kier molecular flexibility index (Phi) is 5.28. The summed E-state index contributed by atoms with van der Waals surface area (Å²) >= 11 is 10.0. The van der Waals surface area contributed by atoms with E-state index in [9.17, 15) is 4.79 Å². The van der Waals surface area contributed by atoms with E-state index >= 15 is 0 Å². The molecule has 0 amide bonds. The summed E-state index contributed by atoms with van der Waals surface area (Å²) in [5.41, 5.74) is 4.21. The number of nitrogens with zero attached hydrogens (tertiary/aromatic N) is 2. The molecule has 7 heteroatoms. The lowest BCUT2D eigenvalue weighted by molar-refractivity contribution is -0.145. The van der Waals surface area contributed by atoms with Gasteiger partial charge in [-0.2, -0.15) is 0 Å². The number of carbonyl (C=O) groups is 1. The van der Waals surface area contributed by atoms with E-state index in [1.807, 2.05) is 25.1 Å². The van der Waals surface area contributed by atoms with E-state index in [-0.39, 0.29) is 11.9 Å². The first-order valence-corrected chi connectivity index (χ1v) is 11.6. The number of hydrogen-bond acceptors (Lipinski definition) is 5. The van der Waals surface area contributed by atoms with Gasteiger partial charge in [-0.1, -0.05) is 23.7 Å². The van der Waals surface area contributed by atoms with Gasteiger partial charge in [-0.25, -0.2) is 4.98 Å². The molecule has 2 aliphatic carbocycles. The second kappa shape index (κ2) is 7.81. The summed E-state index contributed by atoms with van der Waals surface area (Å²) in [5, 5.41) is 0.659. The zero-order valence-corrected chi connectivity index (χ0v) is 19.4. The smallest absolute Gasteiger partial charge is 0.309 e. The van der Waals surface area contributed by atoms with E-state index in [0.717, 1.165) is 41.7 Å². The van der Waals surface area contributed by atoms with Crippen LogP contribution >= 0.6 is 27.5 Å². The molecular formula is C23H24BrClN2O3. The minimum atomic E-state index is -0.0197. The number of carbonyl (C=O) groups excluding carboxylic acids is 1. The number of methoxy groups -OCH3 is 1. The highest BCUT2D eigenvalue weighted by molar-refractivity contribution is 9.10. The molecule has 30 heavy (non-hydrogen) atoms. The number of ether oxygens (including phenoxy) is 2. The molecule has 2 unspecified atom stereocenters.